The summed E-state index contributed by atoms with van der Waals surface area (Å²) in [6.45, 7) is 2.04. The monoisotopic (exact) mass is 215 g/mol. The summed E-state index contributed by atoms with van der Waals surface area (Å²) in [5, 5.41) is 0. The largest absolute Gasteiger partial charge is 0.377 e. The van der Waals surface area contributed by atoms with Crippen molar-refractivity contribution in [1.29, 1.82) is 0 Å². The molecule has 0 aromatic rings. The number of sulfonamides is 1. The van der Waals surface area contributed by atoms with Crippen LogP contribution in [0.3, 0.4) is 0 Å². The Morgan fingerprint density at radius 2 is 2.15 bits per heavy atom. The third-order valence-corrected chi connectivity index (χ3v) is 3.03. The van der Waals surface area contributed by atoms with Gasteiger partial charge in [-0.05, 0) is 13.3 Å². The zero-order valence-electron chi connectivity index (χ0n) is 7.04. The molecule has 78 valence electrons. The first-order valence-electron chi connectivity index (χ1n) is 3.84. The van der Waals surface area contributed by atoms with Crippen LogP contribution in [0.2, 0.25) is 0 Å². The third-order valence-electron chi connectivity index (χ3n) is 1.93. The molecule has 0 aliphatic carbocycles. The van der Waals surface area contributed by atoms with Crippen molar-refractivity contribution in [2.75, 3.05) is 6.61 Å². The highest BCUT2D eigenvalue weighted by atomic mass is 32.2. The third kappa shape index (κ3) is 2.58. The maximum Gasteiger partial charge on any atom is 0.350 e. The second kappa shape index (κ2) is 3.85. The topological polar surface area (TPSA) is 55.4 Å². The standard InChI is InChI=1S/C6H11F2NO3S/c1-4-5(2-3-12-4)9-13(10,11)6(7)8/h4-6,9H,2-3H2,1H3/t4-,5-/m1/s1. The van der Waals surface area contributed by atoms with E-state index in [-0.39, 0.29) is 6.10 Å². The molecule has 0 bridgehead atoms. The number of ether oxygens (including phenoxy) is 1. The predicted molar refractivity (Wildman–Crippen MR) is 41.9 cm³/mol. The lowest BCUT2D eigenvalue weighted by molar-refractivity contribution is 0.116. The average molecular weight is 215 g/mol. The smallest absolute Gasteiger partial charge is 0.350 e. The molecular formula is C6H11F2NO3S. The Labute approximate surface area is 75.3 Å². The number of rotatable bonds is 3. The van der Waals surface area contributed by atoms with Crippen molar-refractivity contribution >= 4 is 10.0 Å². The van der Waals surface area contributed by atoms with Crippen LogP contribution in [0.25, 0.3) is 0 Å². The lowest BCUT2D eigenvalue weighted by atomic mass is 10.2. The molecule has 1 saturated heterocycles. The Balaban J connectivity index is 2.58. The van der Waals surface area contributed by atoms with E-state index in [0.29, 0.717) is 13.0 Å². The maximum absolute atomic E-state index is 11.9. The lowest BCUT2D eigenvalue weighted by Crippen LogP contribution is -2.41. The molecule has 0 amide bonds. The molecule has 1 rings (SSSR count). The first-order chi connectivity index (χ1) is 5.93. The van der Waals surface area contributed by atoms with Gasteiger partial charge in [0.2, 0.25) is 0 Å². The van der Waals surface area contributed by atoms with Crippen LogP contribution in [0.5, 0.6) is 0 Å². The molecule has 1 heterocycles. The fraction of sp³-hybridized carbons (Fsp3) is 1.00. The quantitative estimate of drug-likeness (QED) is 0.737. The number of halogens is 2. The van der Waals surface area contributed by atoms with Gasteiger partial charge in [0.15, 0.2) is 0 Å². The normalized spacial score (nSPS) is 29.8. The fourth-order valence-corrected chi connectivity index (χ4v) is 1.98. The number of nitrogens with one attached hydrogen (secondary N) is 1. The average Bonchev–Trinajstić information content (AvgIpc) is 2.35. The van der Waals surface area contributed by atoms with Gasteiger partial charge >= 0.3 is 5.76 Å². The van der Waals surface area contributed by atoms with Gasteiger partial charge in [-0.3, -0.25) is 0 Å². The van der Waals surface area contributed by atoms with E-state index in [2.05, 4.69) is 0 Å². The van der Waals surface area contributed by atoms with Crippen LogP contribution in [0.15, 0.2) is 0 Å². The molecule has 2 atom stereocenters. The zero-order valence-corrected chi connectivity index (χ0v) is 7.85. The summed E-state index contributed by atoms with van der Waals surface area (Å²) in [5.74, 6) is -3.37. The number of hydrogen-bond donors (Lipinski definition) is 1. The van der Waals surface area contributed by atoms with Crippen molar-refractivity contribution in [1.82, 2.24) is 4.72 Å². The van der Waals surface area contributed by atoms with Crippen LogP contribution in [-0.2, 0) is 14.8 Å². The van der Waals surface area contributed by atoms with Gasteiger partial charge in [0.05, 0.1) is 12.1 Å². The molecule has 1 fully saturated rings. The van der Waals surface area contributed by atoms with Crippen molar-refractivity contribution in [2.24, 2.45) is 0 Å². The van der Waals surface area contributed by atoms with Crippen LogP contribution in [0.1, 0.15) is 13.3 Å². The van der Waals surface area contributed by atoms with Gasteiger partial charge in [-0.15, -0.1) is 0 Å². The second-order valence-corrected chi connectivity index (χ2v) is 4.58. The number of alkyl halides is 2. The SMILES string of the molecule is C[C@H]1OCC[C@H]1NS(=O)(=O)C(F)F. The molecule has 1 aliphatic heterocycles. The van der Waals surface area contributed by atoms with Crippen molar-refractivity contribution < 1.29 is 21.9 Å². The van der Waals surface area contributed by atoms with E-state index < -0.39 is 21.8 Å². The minimum Gasteiger partial charge on any atom is -0.377 e. The Morgan fingerprint density at radius 1 is 1.54 bits per heavy atom. The highest BCUT2D eigenvalue weighted by Gasteiger charge is 2.32. The van der Waals surface area contributed by atoms with Gasteiger partial charge in [0.1, 0.15) is 0 Å². The molecule has 13 heavy (non-hydrogen) atoms. The van der Waals surface area contributed by atoms with Gasteiger partial charge in [-0.2, -0.15) is 8.78 Å². The van der Waals surface area contributed by atoms with Crippen LogP contribution in [0, 0.1) is 0 Å². The number of hydrogen-bond acceptors (Lipinski definition) is 3. The first-order valence-corrected chi connectivity index (χ1v) is 5.39. The fourth-order valence-electron chi connectivity index (χ4n) is 1.15. The molecule has 0 aromatic carbocycles. The van der Waals surface area contributed by atoms with E-state index >= 15 is 0 Å². The van der Waals surface area contributed by atoms with Crippen molar-refractivity contribution in [3.8, 4) is 0 Å². The van der Waals surface area contributed by atoms with E-state index in [1.807, 2.05) is 4.72 Å². The van der Waals surface area contributed by atoms with Gasteiger partial charge in [0, 0.05) is 6.61 Å². The molecule has 1 aliphatic rings. The molecule has 7 heteroatoms. The second-order valence-electron chi connectivity index (χ2n) is 2.89. The van der Waals surface area contributed by atoms with Crippen LogP contribution < -0.4 is 4.72 Å². The minimum atomic E-state index is -4.48. The molecule has 4 nitrogen and oxygen atoms in total. The summed E-state index contributed by atoms with van der Waals surface area (Å²) in [6.07, 6.45) is 0.0983. The molecular weight excluding hydrogens is 204 g/mol. The highest BCUT2D eigenvalue weighted by Crippen LogP contribution is 2.15. The summed E-state index contributed by atoms with van der Waals surface area (Å²) < 4.78 is 52.2. The van der Waals surface area contributed by atoms with E-state index in [0.717, 1.165) is 0 Å². The summed E-state index contributed by atoms with van der Waals surface area (Å²) >= 11 is 0. The summed E-state index contributed by atoms with van der Waals surface area (Å²) in [7, 11) is -4.48. The van der Waals surface area contributed by atoms with Crippen LogP contribution in [-0.4, -0.2) is 32.9 Å². The van der Waals surface area contributed by atoms with E-state index in [9.17, 15) is 17.2 Å². The molecule has 0 radical (unpaired) electrons. The molecule has 0 spiro atoms. The predicted octanol–water partition coefficient (Wildman–Crippen LogP) is 0.306. The van der Waals surface area contributed by atoms with E-state index in [1.165, 1.54) is 0 Å². The Morgan fingerprint density at radius 3 is 2.54 bits per heavy atom. The van der Waals surface area contributed by atoms with Crippen molar-refractivity contribution in [3.05, 3.63) is 0 Å². The minimum absolute atomic E-state index is 0.339. The summed E-state index contributed by atoms with van der Waals surface area (Å²) in [5.41, 5.74) is 0. The zero-order chi connectivity index (χ0) is 10.1. The summed E-state index contributed by atoms with van der Waals surface area (Å²) in [6, 6.07) is -0.529. The maximum atomic E-state index is 11.9. The molecule has 1 N–H and O–H groups in total. The summed E-state index contributed by atoms with van der Waals surface area (Å²) in [4.78, 5) is 0. The molecule has 0 saturated carbocycles. The van der Waals surface area contributed by atoms with Crippen molar-refractivity contribution in [3.63, 3.8) is 0 Å². The van der Waals surface area contributed by atoms with Crippen LogP contribution in [0.4, 0.5) is 8.78 Å². The van der Waals surface area contributed by atoms with Gasteiger partial charge in [0.25, 0.3) is 10.0 Å². The van der Waals surface area contributed by atoms with Crippen LogP contribution >= 0.6 is 0 Å². The first kappa shape index (κ1) is 10.8. The van der Waals surface area contributed by atoms with Gasteiger partial charge in [-0.25, -0.2) is 13.1 Å². The Kier molecular flexibility index (Phi) is 3.20. The van der Waals surface area contributed by atoms with Gasteiger partial charge in [-0.1, -0.05) is 0 Å². The molecule has 0 unspecified atom stereocenters. The van der Waals surface area contributed by atoms with E-state index in [1.54, 1.807) is 6.92 Å². The van der Waals surface area contributed by atoms with E-state index in [4.69, 9.17) is 4.74 Å². The Bertz CT molecular complexity index is 267. The van der Waals surface area contributed by atoms with Crippen molar-refractivity contribution in [2.45, 2.75) is 31.2 Å². The highest BCUT2D eigenvalue weighted by molar-refractivity contribution is 7.89. The lowest BCUT2D eigenvalue weighted by Gasteiger charge is -2.15. The van der Waals surface area contributed by atoms with Gasteiger partial charge < -0.3 is 4.74 Å². The Hall–Kier alpha value is -0.270. The molecule has 0 aromatic heterocycles.